The molecule has 0 aliphatic heterocycles. The average molecular weight is 310 g/mol. The minimum Gasteiger partial charge on any atom is -0.497 e. The largest absolute Gasteiger partial charge is 0.497 e. The quantitative estimate of drug-likeness (QED) is 0.736. The van der Waals surface area contributed by atoms with Crippen molar-refractivity contribution in [1.82, 2.24) is 4.57 Å². The number of fused-ring (bicyclic) bond motifs is 1. The van der Waals surface area contributed by atoms with E-state index in [1.165, 1.54) is 0 Å². The third kappa shape index (κ3) is 3.29. The summed E-state index contributed by atoms with van der Waals surface area (Å²) in [4.78, 5) is 12.1. The summed E-state index contributed by atoms with van der Waals surface area (Å²) in [5.74, 6) is 1.46. The molecule has 0 atom stereocenters. The van der Waals surface area contributed by atoms with Gasteiger partial charge in [0.05, 0.1) is 19.2 Å². The van der Waals surface area contributed by atoms with Crippen molar-refractivity contribution >= 4 is 16.6 Å². The highest BCUT2D eigenvalue weighted by molar-refractivity contribution is 5.80. The maximum atomic E-state index is 12.1. The Bertz CT molecular complexity index is 887. The number of ether oxygens (including phenoxy) is 2. The zero-order chi connectivity index (χ0) is 16.2. The number of rotatable bonds is 5. The summed E-state index contributed by atoms with van der Waals surface area (Å²) in [6, 6.07) is 16.2. The Morgan fingerprint density at radius 1 is 1.04 bits per heavy atom. The summed E-state index contributed by atoms with van der Waals surface area (Å²) in [5.41, 5.74) is 7.17. The molecule has 2 N–H and O–H groups in total. The Kier molecular flexibility index (Phi) is 4.19. The Hall–Kier alpha value is -2.95. The molecule has 0 radical (unpaired) electrons. The van der Waals surface area contributed by atoms with Gasteiger partial charge in [-0.2, -0.15) is 0 Å². The second-order valence-corrected chi connectivity index (χ2v) is 5.17. The van der Waals surface area contributed by atoms with Gasteiger partial charge in [0.15, 0.2) is 0 Å². The first-order valence-corrected chi connectivity index (χ1v) is 7.33. The summed E-state index contributed by atoms with van der Waals surface area (Å²) in [7, 11) is 1.62. The molecule has 3 aromatic rings. The monoisotopic (exact) mass is 310 g/mol. The van der Waals surface area contributed by atoms with Crippen LogP contribution in [0.5, 0.6) is 11.5 Å². The van der Waals surface area contributed by atoms with Crippen molar-refractivity contribution in [3.05, 3.63) is 65.0 Å². The number of benzene rings is 2. The van der Waals surface area contributed by atoms with Gasteiger partial charge in [0.2, 0.25) is 0 Å². The highest BCUT2D eigenvalue weighted by Gasteiger charge is 2.05. The van der Waals surface area contributed by atoms with Crippen molar-refractivity contribution in [3.63, 3.8) is 0 Å². The summed E-state index contributed by atoms with van der Waals surface area (Å²) in [6.45, 7) is 0.839. The zero-order valence-corrected chi connectivity index (χ0v) is 12.9. The average Bonchev–Trinajstić information content (AvgIpc) is 2.56. The van der Waals surface area contributed by atoms with E-state index in [0.717, 1.165) is 16.7 Å². The number of anilines is 1. The molecule has 3 rings (SSSR count). The van der Waals surface area contributed by atoms with Crippen LogP contribution in [0, 0.1) is 0 Å². The van der Waals surface area contributed by atoms with Gasteiger partial charge in [0.1, 0.15) is 18.1 Å². The van der Waals surface area contributed by atoms with E-state index in [1.54, 1.807) is 35.9 Å². The molecular weight excluding hydrogens is 292 g/mol. The molecule has 0 aliphatic carbocycles. The van der Waals surface area contributed by atoms with Gasteiger partial charge >= 0.3 is 0 Å². The third-order valence-electron chi connectivity index (χ3n) is 3.64. The topological polar surface area (TPSA) is 66.5 Å². The number of pyridine rings is 1. The van der Waals surface area contributed by atoms with Crippen molar-refractivity contribution in [1.29, 1.82) is 0 Å². The first kappa shape index (κ1) is 15.0. The van der Waals surface area contributed by atoms with Gasteiger partial charge in [-0.1, -0.05) is 6.07 Å². The van der Waals surface area contributed by atoms with E-state index in [-0.39, 0.29) is 5.56 Å². The number of methoxy groups -OCH3 is 1. The van der Waals surface area contributed by atoms with Crippen LogP contribution in [0.25, 0.3) is 10.9 Å². The van der Waals surface area contributed by atoms with Crippen LogP contribution in [0.3, 0.4) is 0 Å². The van der Waals surface area contributed by atoms with E-state index in [0.29, 0.717) is 24.6 Å². The normalized spacial score (nSPS) is 10.7. The predicted octanol–water partition coefficient (Wildman–Crippen LogP) is 2.67. The van der Waals surface area contributed by atoms with Gasteiger partial charge in [-0.3, -0.25) is 4.79 Å². The Morgan fingerprint density at radius 3 is 2.70 bits per heavy atom. The second kappa shape index (κ2) is 6.44. The van der Waals surface area contributed by atoms with Crippen LogP contribution in [0.2, 0.25) is 0 Å². The molecule has 1 heterocycles. The fourth-order valence-corrected chi connectivity index (χ4v) is 2.50. The first-order valence-electron chi connectivity index (χ1n) is 7.33. The Morgan fingerprint density at radius 2 is 1.91 bits per heavy atom. The molecule has 2 aromatic carbocycles. The maximum absolute atomic E-state index is 12.1. The summed E-state index contributed by atoms with van der Waals surface area (Å²) < 4.78 is 12.6. The van der Waals surface area contributed by atoms with Crippen LogP contribution >= 0.6 is 0 Å². The second-order valence-electron chi connectivity index (χ2n) is 5.17. The van der Waals surface area contributed by atoms with Crippen molar-refractivity contribution in [3.8, 4) is 11.5 Å². The number of nitrogens with zero attached hydrogens (tertiary/aromatic N) is 1. The van der Waals surface area contributed by atoms with Crippen LogP contribution in [0.1, 0.15) is 0 Å². The van der Waals surface area contributed by atoms with Gasteiger partial charge in [-0.05, 0) is 36.4 Å². The predicted molar refractivity (Wildman–Crippen MR) is 91.1 cm³/mol. The van der Waals surface area contributed by atoms with Crippen LogP contribution in [0.4, 0.5) is 5.69 Å². The van der Waals surface area contributed by atoms with Gasteiger partial charge in [0, 0.05) is 23.2 Å². The van der Waals surface area contributed by atoms with Gasteiger partial charge in [-0.25, -0.2) is 0 Å². The van der Waals surface area contributed by atoms with E-state index >= 15 is 0 Å². The Balaban J connectivity index is 1.82. The van der Waals surface area contributed by atoms with E-state index in [9.17, 15) is 4.79 Å². The minimum absolute atomic E-state index is 0.0566. The molecule has 23 heavy (non-hydrogen) atoms. The van der Waals surface area contributed by atoms with Gasteiger partial charge in [0.25, 0.3) is 5.56 Å². The van der Waals surface area contributed by atoms with Crippen molar-refractivity contribution in [2.45, 2.75) is 6.54 Å². The van der Waals surface area contributed by atoms with E-state index < -0.39 is 0 Å². The zero-order valence-electron chi connectivity index (χ0n) is 12.9. The van der Waals surface area contributed by atoms with Gasteiger partial charge < -0.3 is 19.8 Å². The van der Waals surface area contributed by atoms with Crippen LogP contribution in [-0.4, -0.2) is 18.3 Å². The summed E-state index contributed by atoms with van der Waals surface area (Å²) in [5, 5.41) is 0.952. The lowest BCUT2D eigenvalue weighted by atomic mass is 10.2. The lowest BCUT2D eigenvalue weighted by Gasteiger charge is -2.12. The first-order chi connectivity index (χ1) is 11.2. The van der Waals surface area contributed by atoms with E-state index in [1.807, 2.05) is 30.3 Å². The lowest BCUT2D eigenvalue weighted by molar-refractivity contribution is 0.299. The fourth-order valence-electron chi connectivity index (χ4n) is 2.50. The molecule has 1 aromatic heterocycles. The maximum Gasteiger partial charge on any atom is 0.251 e. The number of aromatic nitrogens is 1. The molecular formula is C18H18N2O3. The van der Waals surface area contributed by atoms with E-state index in [4.69, 9.17) is 15.2 Å². The molecule has 0 amide bonds. The molecule has 0 bridgehead atoms. The molecule has 5 heteroatoms. The van der Waals surface area contributed by atoms with Crippen molar-refractivity contribution < 1.29 is 9.47 Å². The van der Waals surface area contributed by atoms with Gasteiger partial charge in [-0.15, -0.1) is 0 Å². The summed E-state index contributed by atoms with van der Waals surface area (Å²) >= 11 is 0. The number of hydrogen-bond acceptors (Lipinski definition) is 4. The number of hydrogen-bond donors (Lipinski definition) is 1. The third-order valence-corrected chi connectivity index (χ3v) is 3.64. The van der Waals surface area contributed by atoms with Crippen LogP contribution < -0.4 is 20.8 Å². The molecule has 0 aliphatic rings. The molecule has 0 fully saturated rings. The van der Waals surface area contributed by atoms with Crippen LogP contribution in [-0.2, 0) is 6.54 Å². The van der Waals surface area contributed by atoms with E-state index in [2.05, 4.69) is 0 Å². The standard InChI is InChI=1S/C18H18N2O3/c1-22-15-6-7-17-13(11-15)5-8-18(21)20(17)9-10-23-16-4-2-3-14(19)12-16/h2-8,11-12H,9-10,19H2,1H3. The molecule has 0 saturated carbocycles. The van der Waals surface area contributed by atoms with Crippen LogP contribution in [0.15, 0.2) is 59.4 Å². The molecule has 0 saturated heterocycles. The SMILES string of the molecule is COc1ccc2c(ccc(=O)n2CCOc2cccc(N)c2)c1. The highest BCUT2D eigenvalue weighted by atomic mass is 16.5. The number of nitrogens with two attached hydrogens (primary N) is 1. The lowest BCUT2D eigenvalue weighted by Crippen LogP contribution is -2.22. The highest BCUT2D eigenvalue weighted by Crippen LogP contribution is 2.19. The van der Waals surface area contributed by atoms with Crippen molar-refractivity contribution in [2.75, 3.05) is 19.5 Å². The molecule has 5 nitrogen and oxygen atoms in total. The Labute approximate surface area is 133 Å². The smallest absolute Gasteiger partial charge is 0.251 e. The molecule has 118 valence electrons. The molecule has 0 spiro atoms. The fraction of sp³-hybridized carbons (Fsp3) is 0.167. The molecule has 0 unspecified atom stereocenters. The summed E-state index contributed by atoms with van der Waals surface area (Å²) in [6.07, 6.45) is 0. The van der Waals surface area contributed by atoms with Crippen molar-refractivity contribution in [2.24, 2.45) is 0 Å². The number of nitrogen functional groups attached to an aromatic ring is 1. The minimum atomic E-state index is -0.0566.